The van der Waals surface area contributed by atoms with Crippen LogP contribution in [0.5, 0.6) is 0 Å². The van der Waals surface area contributed by atoms with Crippen molar-refractivity contribution in [1.82, 2.24) is 4.90 Å². The number of rotatable bonds is 7. The molecule has 1 aliphatic rings. The zero-order chi connectivity index (χ0) is 22.5. The third kappa shape index (κ3) is 4.52. The van der Waals surface area contributed by atoms with Gasteiger partial charge in [-0.3, -0.25) is 9.59 Å². The summed E-state index contributed by atoms with van der Waals surface area (Å²) in [5.74, 6) is -2.04. The Morgan fingerprint density at radius 3 is 2.22 bits per heavy atom. The normalized spacial score (nSPS) is 16.2. The van der Waals surface area contributed by atoms with E-state index in [-0.39, 0.29) is 5.57 Å². The summed E-state index contributed by atoms with van der Waals surface area (Å²) in [6.07, 6.45) is 3.55. The zero-order valence-electron chi connectivity index (χ0n) is 17.3. The number of nitrogens with zero attached hydrogens (tertiary/aromatic N) is 1. The fraction of sp³-hybridized carbons (Fsp3) is 0.111. The first-order valence-corrected chi connectivity index (χ1v) is 10.4. The highest BCUT2D eigenvalue weighted by molar-refractivity contribution is 6.14. The highest BCUT2D eigenvalue weighted by atomic mass is 19.1. The van der Waals surface area contributed by atoms with Crippen molar-refractivity contribution in [3.63, 3.8) is 0 Å². The van der Waals surface area contributed by atoms with E-state index in [0.29, 0.717) is 18.5 Å². The van der Waals surface area contributed by atoms with Gasteiger partial charge in [-0.2, -0.15) is 0 Å². The first kappa shape index (κ1) is 21.2. The molecule has 1 atom stereocenters. The molecule has 1 unspecified atom stereocenters. The summed E-state index contributed by atoms with van der Waals surface area (Å²) in [7, 11) is 0. The van der Waals surface area contributed by atoms with E-state index in [2.05, 4.69) is 0 Å². The van der Waals surface area contributed by atoms with Crippen LogP contribution in [-0.2, 0) is 16.0 Å². The monoisotopic (exact) mass is 427 g/mol. The van der Waals surface area contributed by atoms with Crippen LogP contribution in [0.2, 0.25) is 0 Å². The van der Waals surface area contributed by atoms with Crippen molar-refractivity contribution in [2.24, 2.45) is 0 Å². The van der Waals surface area contributed by atoms with Gasteiger partial charge in [0, 0.05) is 6.54 Å². The van der Waals surface area contributed by atoms with E-state index in [0.717, 1.165) is 11.1 Å². The first-order valence-electron chi connectivity index (χ1n) is 10.4. The van der Waals surface area contributed by atoms with Crippen molar-refractivity contribution in [3.8, 4) is 0 Å². The maximum absolute atomic E-state index is 13.5. The molecular weight excluding hydrogens is 405 g/mol. The van der Waals surface area contributed by atoms with Crippen molar-refractivity contribution in [1.29, 1.82) is 0 Å². The Morgan fingerprint density at radius 2 is 1.56 bits per heavy atom. The molecule has 1 N–H and O–H groups in total. The fourth-order valence-electron chi connectivity index (χ4n) is 3.85. The number of aliphatic hydroxyl groups excluding tert-OH is 1. The summed E-state index contributed by atoms with van der Waals surface area (Å²) in [5.41, 5.74) is 2.42. The molecule has 1 amide bonds. The molecule has 0 spiro atoms. The average molecular weight is 427 g/mol. The smallest absolute Gasteiger partial charge is 0.290 e. The number of hydrogen-bond donors (Lipinski definition) is 1. The Labute approximate surface area is 185 Å². The molecule has 3 aromatic carbocycles. The summed E-state index contributed by atoms with van der Waals surface area (Å²) in [6, 6.07) is 23.8. The predicted octanol–water partition coefficient (Wildman–Crippen LogP) is 5.05. The second kappa shape index (κ2) is 9.43. The van der Waals surface area contributed by atoms with Crippen molar-refractivity contribution in [2.75, 3.05) is 6.54 Å². The highest BCUT2D eigenvalue weighted by Gasteiger charge is 2.42. The minimum absolute atomic E-state index is 0.00171. The summed E-state index contributed by atoms with van der Waals surface area (Å²) in [4.78, 5) is 27.5. The third-order valence-electron chi connectivity index (χ3n) is 5.47. The van der Waals surface area contributed by atoms with Gasteiger partial charge in [-0.25, -0.2) is 4.39 Å². The molecule has 5 heteroatoms. The van der Waals surface area contributed by atoms with Gasteiger partial charge in [-0.05, 0) is 41.3 Å². The number of halogens is 1. The summed E-state index contributed by atoms with van der Waals surface area (Å²) in [6.45, 7) is 0.300. The van der Waals surface area contributed by atoms with E-state index in [4.69, 9.17) is 0 Å². The van der Waals surface area contributed by atoms with E-state index in [1.807, 2.05) is 60.7 Å². The molecule has 32 heavy (non-hydrogen) atoms. The SMILES string of the molecule is O=C(/C=C/c1ccccc1)C1=C(O)C(=O)N(CCc2ccccc2)C1c1ccc(F)cc1. The number of carbonyl (C=O) groups is 2. The minimum atomic E-state index is -0.792. The number of hydrogen-bond acceptors (Lipinski definition) is 3. The lowest BCUT2D eigenvalue weighted by Gasteiger charge is -2.26. The van der Waals surface area contributed by atoms with Gasteiger partial charge in [-0.1, -0.05) is 78.9 Å². The van der Waals surface area contributed by atoms with Gasteiger partial charge in [-0.15, -0.1) is 0 Å². The number of allylic oxidation sites excluding steroid dienone is 1. The zero-order valence-corrected chi connectivity index (χ0v) is 17.3. The largest absolute Gasteiger partial charge is 0.503 e. The van der Waals surface area contributed by atoms with Gasteiger partial charge in [0.05, 0.1) is 11.6 Å². The van der Waals surface area contributed by atoms with Crippen molar-refractivity contribution >= 4 is 17.8 Å². The molecule has 160 valence electrons. The molecule has 0 aromatic heterocycles. The van der Waals surface area contributed by atoms with Crippen LogP contribution in [-0.4, -0.2) is 28.2 Å². The van der Waals surface area contributed by atoms with Crippen LogP contribution in [0, 0.1) is 5.82 Å². The Balaban J connectivity index is 1.66. The molecule has 1 heterocycles. The van der Waals surface area contributed by atoms with Gasteiger partial charge in [0.2, 0.25) is 0 Å². The number of carbonyl (C=O) groups excluding carboxylic acids is 2. The Morgan fingerprint density at radius 1 is 0.938 bits per heavy atom. The number of amides is 1. The van der Waals surface area contributed by atoms with Crippen LogP contribution >= 0.6 is 0 Å². The van der Waals surface area contributed by atoms with Crippen LogP contribution in [0.25, 0.3) is 6.08 Å². The topological polar surface area (TPSA) is 57.6 Å². The number of aliphatic hydroxyl groups is 1. The second-order valence-electron chi connectivity index (χ2n) is 7.56. The molecule has 0 bridgehead atoms. The fourth-order valence-corrected chi connectivity index (χ4v) is 3.85. The van der Waals surface area contributed by atoms with Crippen molar-refractivity contribution < 1.29 is 19.1 Å². The van der Waals surface area contributed by atoms with Crippen molar-refractivity contribution in [3.05, 3.63) is 125 Å². The average Bonchev–Trinajstić information content (AvgIpc) is 3.08. The van der Waals surface area contributed by atoms with E-state index < -0.39 is 29.3 Å². The van der Waals surface area contributed by atoms with Crippen LogP contribution in [0.1, 0.15) is 22.7 Å². The number of ketones is 1. The molecule has 3 aromatic rings. The van der Waals surface area contributed by atoms with Gasteiger partial charge in [0.15, 0.2) is 11.5 Å². The summed E-state index contributed by atoms with van der Waals surface area (Å²) in [5, 5.41) is 10.6. The Kier molecular flexibility index (Phi) is 6.26. The summed E-state index contributed by atoms with van der Waals surface area (Å²) < 4.78 is 13.5. The molecule has 4 nitrogen and oxygen atoms in total. The molecule has 0 saturated carbocycles. The van der Waals surface area contributed by atoms with E-state index >= 15 is 0 Å². The molecule has 0 saturated heterocycles. The molecule has 0 radical (unpaired) electrons. The van der Waals surface area contributed by atoms with E-state index in [9.17, 15) is 19.1 Å². The van der Waals surface area contributed by atoms with Crippen molar-refractivity contribution in [2.45, 2.75) is 12.5 Å². The van der Waals surface area contributed by atoms with Gasteiger partial charge in [0.1, 0.15) is 5.82 Å². The van der Waals surface area contributed by atoms with Gasteiger partial charge in [0.25, 0.3) is 5.91 Å². The lowest BCUT2D eigenvalue weighted by atomic mass is 9.95. The molecule has 1 aliphatic heterocycles. The summed E-state index contributed by atoms with van der Waals surface area (Å²) >= 11 is 0. The van der Waals surface area contributed by atoms with Crippen LogP contribution in [0.3, 0.4) is 0 Å². The van der Waals surface area contributed by atoms with Crippen LogP contribution < -0.4 is 0 Å². The van der Waals surface area contributed by atoms with E-state index in [1.54, 1.807) is 6.08 Å². The minimum Gasteiger partial charge on any atom is -0.503 e. The Bertz CT molecular complexity index is 1170. The second-order valence-corrected chi connectivity index (χ2v) is 7.56. The third-order valence-corrected chi connectivity index (χ3v) is 5.47. The number of benzene rings is 3. The quantitative estimate of drug-likeness (QED) is 0.537. The van der Waals surface area contributed by atoms with E-state index in [1.165, 1.54) is 35.2 Å². The standard InChI is InChI=1S/C27H22FNO3/c28-22-14-12-21(13-15-22)25-24(23(30)16-11-19-7-3-1-4-8-19)26(31)27(32)29(25)18-17-20-9-5-2-6-10-20/h1-16,25,31H,17-18H2/b16-11+. The predicted molar refractivity (Wildman–Crippen MR) is 121 cm³/mol. The maximum Gasteiger partial charge on any atom is 0.290 e. The molecule has 0 fully saturated rings. The maximum atomic E-state index is 13.5. The van der Waals surface area contributed by atoms with Crippen LogP contribution in [0.15, 0.2) is 102 Å². The van der Waals surface area contributed by atoms with Gasteiger partial charge >= 0.3 is 0 Å². The van der Waals surface area contributed by atoms with Gasteiger partial charge < -0.3 is 10.0 Å². The molecule has 0 aliphatic carbocycles. The Hall–Kier alpha value is -3.99. The lowest BCUT2D eigenvalue weighted by molar-refractivity contribution is -0.129. The van der Waals surface area contributed by atoms with Crippen LogP contribution in [0.4, 0.5) is 4.39 Å². The highest BCUT2D eigenvalue weighted by Crippen LogP contribution is 2.38. The molecule has 4 rings (SSSR count). The lowest BCUT2D eigenvalue weighted by Crippen LogP contribution is -2.33. The first-order chi connectivity index (χ1) is 15.5. The molecular formula is C27H22FNO3.